The van der Waals surface area contributed by atoms with Crippen LogP contribution in [-0.2, 0) is 22.5 Å². The number of halogens is 1. The van der Waals surface area contributed by atoms with Crippen LogP contribution >= 0.6 is 15.9 Å². The van der Waals surface area contributed by atoms with Crippen molar-refractivity contribution < 1.29 is 9.53 Å². The van der Waals surface area contributed by atoms with Crippen LogP contribution in [0.5, 0.6) is 0 Å². The van der Waals surface area contributed by atoms with E-state index in [1.54, 1.807) is 7.11 Å². The molecule has 1 rings (SSSR count). The van der Waals surface area contributed by atoms with E-state index in [0.717, 1.165) is 22.4 Å². The minimum absolute atomic E-state index is 0.178. The summed E-state index contributed by atoms with van der Waals surface area (Å²) in [5.74, 6) is 0.178. The largest absolute Gasteiger partial charge is 0.384 e. The van der Waals surface area contributed by atoms with Gasteiger partial charge in [0, 0.05) is 26.5 Å². The standard InChI is InChI=1S/C11H17BrN2O2/c1-4-14-10(11(12)8(2)13-14)7-9(15)5-6-16-3/h4-7H2,1-3H3. The zero-order valence-corrected chi connectivity index (χ0v) is 11.5. The number of nitrogens with zero attached hydrogens (tertiary/aromatic N) is 2. The fourth-order valence-electron chi connectivity index (χ4n) is 1.53. The Kier molecular flexibility index (Phi) is 5.15. The summed E-state index contributed by atoms with van der Waals surface area (Å²) in [7, 11) is 1.60. The molecule has 0 N–H and O–H groups in total. The van der Waals surface area contributed by atoms with Gasteiger partial charge in [-0.2, -0.15) is 5.10 Å². The van der Waals surface area contributed by atoms with E-state index in [0.29, 0.717) is 19.4 Å². The van der Waals surface area contributed by atoms with E-state index in [9.17, 15) is 4.79 Å². The van der Waals surface area contributed by atoms with Gasteiger partial charge in [0.05, 0.1) is 22.5 Å². The molecule has 90 valence electrons. The number of carbonyl (C=O) groups is 1. The smallest absolute Gasteiger partial charge is 0.141 e. The summed E-state index contributed by atoms with van der Waals surface area (Å²) in [5.41, 5.74) is 1.89. The number of aromatic nitrogens is 2. The molecule has 0 saturated carbocycles. The zero-order valence-electron chi connectivity index (χ0n) is 9.92. The zero-order chi connectivity index (χ0) is 12.1. The first-order valence-electron chi connectivity index (χ1n) is 5.32. The first kappa shape index (κ1) is 13.4. The Labute approximate surface area is 104 Å². The third kappa shape index (κ3) is 3.15. The summed E-state index contributed by atoms with van der Waals surface area (Å²) in [5, 5.41) is 4.35. The molecule has 16 heavy (non-hydrogen) atoms. The van der Waals surface area contributed by atoms with Gasteiger partial charge in [-0.05, 0) is 29.8 Å². The summed E-state index contributed by atoms with van der Waals surface area (Å²) in [6.07, 6.45) is 0.871. The number of hydrogen-bond donors (Lipinski definition) is 0. The lowest BCUT2D eigenvalue weighted by atomic mass is 10.1. The molecule has 1 heterocycles. The third-order valence-corrected chi connectivity index (χ3v) is 3.43. The number of Topliss-reactive ketones (excluding diaryl/α,β-unsaturated/α-hetero) is 1. The first-order valence-corrected chi connectivity index (χ1v) is 6.11. The average molecular weight is 289 g/mol. The molecule has 0 aliphatic heterocycles. The van der Waals surface area contributed by atoms with Gasteiger partial charge in [-0.25, -0.2) is 0 Å². The van der Waals surface area contributed by atoms with Crippen LogP contribution in [0.1, 0.15) is 24.7 Å². The third-order valence-electron chi connectivity index (χ3n) is 2.40. The second kappa shape index (κ2) is 6.15. The minimum atomic E-state index is 0.178. The SMILES string of the molecule is CCn1nc(C)c(Br)c1CC(=O)CCOC. The summed E-state index contributed by atoms with van der Waals surface area (Å²) < 4.78 is 7.70. The van der Waals surface area contributed by atoms with Gasteiger partial charge in [-0.1, -0.05) is 0 Å². The van der Waals surface area contributed by atoms with Crippen LogP contribution in [0, 0.1) is 6.92 Å². The summed E-state index contributed by atoms with van der Waals surface area (Å²) in [6, 6.07) is 0. The molecule has 0 aliphatic rings. The van der Waals surface area contributed by atoms with E-state index >= 15 is 0 Å². The maximum absolute atomic E-state index is 11.7. The Balaban J connectivity index is 2.75. The maximum Gasteiger partial charge on any atom is 0.141 e. The molecule has 1 aromatic rings. The van der Waals surface area contributed by atoms with Crippen molar-refractivity contribution in [3.8, 4) is 0 Å². The van der Waals surface area contributed by atoms with Crippen molar-refractivity contribution in [2.75, 3.05) is 13.7 Å². The number of ketones is 1. The van der Waals surface area contributed by atoms with E-state index in [1.165, 1.54) is 0 Å². The molecular formula is C11H17BrN2O2. The Bertz CT molecular complexity index is 374. The van der Waals surface area contributed by atoms with Crippen molar-refractivity contribution in [1.29, 1.82) is 0 Å². The van der Waals surface area contributed by atoms with Crippen molar-refractivity contribution in [2.45, 2.75) is 33.2 Å². The predicted molar refractivity (Wildman–Crippen MR) is 65.5 cm³/mol. The van der Waals surface area contributed by atoms with Gasteiger partial charge >= 0.3 is 0 Å². The number of hydrogen-bond acceptors (Lipinski definition) is 3. The lowest BCUT2D eigenvalue weighted by Crippen LogP contribution is -2.11. The Morgan fingerprint density at radius 1 is 1.56 bits per heavy atom. The van der Waals surface area contributed by atoms with Gasteiger partial charge in [0.2, 0.25) is 0 Å². The fourth-order valence-corrected chi connectivity index (χ4v) is 1.95. The fraction of sp³-hybridized carbons (Fsp3) is 0.636. The molecule has 0 aromatic carbocycles. The molecule has 0 unspecified atom stereocenters. The number of carbonyl (C=O) groups excluding carboxylic acids is 1. The molecule has 5 heteroatoms. The quantitative estimate of drug-likeness (QED) is 0.805. The molecule has 0 radical (unpaired) electrons. The van der Waals surface area contributed by atoms with E-state index in [2.05, 4.69) is 21.0 Å². The lowest BCUT2D eigenvalue weighted by Gasteiger charge is -2.04. The topological polar surface area (TPSA) is 44.1 Å². The molecule has 0 bridgehead atoms. The lowest BCUT2D eigenvalue weighted by molar-refractivity contribution is -0.119. The van der Waals surface area contributed by atoms with E-state index < -0.39 is 0 Å². The second-order valence-corrected chi connectivity index (χ2v) is 4.41. The van der Waals surface area contributed by atoms with Gasteiger partial charge in [0.1, 0.15) is 5.78 Å². The van der Waals surface area contributed by atoms with Gasteiger partial charge in [0.25, 0.3) is 0 Å². The van der Waals surface area contributed by atoms with Crippen molar-refractivity contribution in [3.05, 3.63) is 15.9 Å². The molecule has 0 amide bonds. The molecule has 0 saturated heterocycles. The van der Waals surface area contributed by atoms with Gasteiger partial charge in [0.15, 0.2) is 0 Å². The number of methoxy groups -OCH3 is 1. The number of rotatable bonds is 6. The summed E-state index contributed by atoms with van der Waals surface area (Å²) in [4.78, 5) is 11.7. The second-order valence-electron chi connectivity index (χ2n) is 3.62. The van der Waals surface area contributed by atoms with E-state index in [4.69, 9.17) is 4.74 Å². The average Bonchev–Trinajstić information content (AvgIpc) is 2.54. The maximum atomic E-state index is 11.7. The van der Waals surface area contributed by atoms with Gasteiger partial charge in [-0.3, -0.25) is 9.48 Å². The van der Waals surface area contributed by atoms with Gasteiger partial charge < -0.3 is 4.74 Å². The van der Waals surface area contributed by atoms with E-state index in [1.807, 2.05) is 18.5 Å². The molecule has 0 aliphatic carbocycles. The highest BCUT2D eigenvalue weighted by molar-refractivity contribution is 9.10. The van der Waals surface area contributed by atoms with Crippen LogP contribution in [0.3, 0.4) is 0 Å². The highest BCUT2D eigenvalue weighted by atomic mass is 79.9. The highest BCUT2D eigenvalue weighted by Crippen LogP contribution is 2.21. The number of aryl methyl sites for hydroxylation is 2. The van der Waals surface area contributed by atoms with Crippen LogP contribution in [0.25, 0.3) is 0 Å². The molecule has 1 aromatic heterocycles. The molecule has 0 fully saturated rings. The Morgan fingerprint density at radius 3 is 2.81 bits per heavy atom. The van der Waals surface area contributed by atoms with Crippen molar-refractivity contribution in [2.24, 2.45) is 0 Å². The first-order chi connectivity index (χ1) is 7.60. The van der Waals surface area contributed by atoms with Gasteiger partial charge in [-0.15, -0.1) is 0 Å². The molecule has 4 nitrogen and oxygen atoms in total. The Hall–Kier alpha value is -0.680. The summed E-state index contributed by atoms with van der Waals surface area (Å²) in [6.45, 7) is 5.20. The van der Waals surface area contributed by atoms with E-state index in [-0.39, 0.29) is 5.78 Å². The van der Waals surface area contributed by atoms with Crippen LogP contribution in [0.4, 0.5) is 0 Å². The molecular weight excluding hydrogens is 272 g/mol. The molecule has 0 atom stereocenters. The van der Waals surface area contributed by atoms with Crippen molar-refractivity contribution >= 4 is 21.7 Å². The van der Waals surface area contributed by atoms with Crippen molar-refractivity contribution in [1.82, 2.24) is 9.78 Å². The minimum Gasteiger partial charge on any atom is -0.384 e. The number of ether oxygens (including phenoxy) is 1. The molecule has 0 spiro atoms. The van der Waals surface area contributed by atoms with Crippen molar-refractivity contribution in [3.63, 3.8) is 0 Å². The van der Waals surface area contributed by atoms with Crippen LogP contribution in [0.2, 0.25) is 0 Å². The van der Waals surface area contributed by atoms with Crippen LogP contribution in [0.15, 0.2) is 4.47 Å². The van der Waals surface area contributed by atoms with Crippen LogP contribution < -0.4 is 0 Å². The summed E-state index contributed by atoms with van der Waals surface area (Å²) >= 11 is 3.47. The Morgan fingerprint density at radius 2 is 2.25 bits per heavy atom. The highest BCUT2D eigenvalue weighted by Gasteiger charge is 2.15. The monoisotopic (exact) mass is 288 g/mol. The van der Waals surface area contributed by atoms with Crippen LogP contribution in [-0.4, -0.2) is 29.3 Å². The normalized spacial score (nSPS) is 10.8. The predicted octanol–water partition coefficient (Wildman–Crippen LogP) is 2.12.